The highest BCUT2D eigenvalue weighted by Gasteiger charge is 2.34. The van der Waals surface area contributed by atoms with Gasteiger partial charge >= 0.3 is 6.18 Å². The van der Waals surface area contributed by atoms with Gasteiger partial charge in [0.2, 0.25) is 0 Å². The molecular weight excluding hydrogens is 429 g/mol. The van der Waals surface area contributed by atoms with Gasteiger partial charge in [-0.05, 0) is 36.8 Å². The second-order valence-corrected chi connectivity index (χ2v) is 7.65. The van der Waals surface area contributed by atoms with Crippen molar-refractivity contribution in [1.82, 2.24) is 9.97 Å². The Morgan fingerprint density at radius 3 is 2.71 bits per heavy atom. The predicted octanol–water partition coefficient (Wildman–Crippen LogP) is 6.12. The largest absolute Gasteiger partial charge is 0.493 e. The molecule has 3 aromatic rings. The van der Waals surface area contributed by atoms with Gasteiger partial charge in [-0.25, -0.2) is 4.98 Å². The Morgan fingerprint density at radius 1 is 1.16 bits per heavy atom. The van der Waals surface area contributed by atoms with Crippen LogP contribution in [0, 0.1) is 0 Å². The minimum atomic E-state index is -4.56. The van der Waals surface area contributed by atoms with E-state index in [1.807, 2.05) is 6.92 Å². The summed E-state index contributed by atoms with van der Waals surface area (Å²) in [5.41, 5.74) is -0.137. The molecule has 0 aliphatic rings. The number of carbonyl (C=O) groups is 1. The molecule has 0 atom stereocenters. The van der Waals surface area contributed by atoms with E-state index in [4.69, 9.17) is 4.74 Å². The van der Waals surface area contributed by atoms with Gasteiger partial charge in [-0.1, -0.05) is 31.1 Å². The summed E-state index contributed by atoms with van der Waals surface area (Å²) < 4.78 is 45.8. The van der Waals surface area contributed by atoms with Crippen LogP contribution < -0.4 is 15.4 Å². The molecule has 2 aromatic heterocycles. The number of hydrogen-bond donors (Lipinski definition) is 2. The van der Waals surface area contributed by atoms with Gasteiger partial charge in [0, 0.05) is 11.9 Å². The molecule has 0 saturated heterocycles. The standard InChI is InChI=1S/C21H21F3N4O2S/c1-2-3-4-10-30-17-8-7-14(11-16(17)21(22,23)24)28-20-26-13-18(31-20)19(29)27-15-6-5-9-25-12-15/h5-9,11-13H,2-4,10H2,1H3,(H,26,28)(H,27,29). The number of unbranched alkanes of at least 4 members (excludes halogenated alkanes) is 2. The second-order valence-electron chi connectivity index (χ2n) is 6.61. The number of nitrogens with zero attached hydrogens (tertiary/aromatic N) is 2. The SMILES string of the molecule is CCCCCOc1ccc(Nc2ncc(C(=O)Nc3cccnc3)s2)cc1C(F)(F)F. The van der Waals surface area contributed by atoms with Gasteiger partial charge in [0.1, 0.15) is 10.6 Å². The summed E-state index contributed by atoms with van der Waals surface area (Å²) in [6.07, 6.45) is 2.42. The zero-order valence-electron chi connectivity index (χ0n) is 16.7. The normalized spacial score (nSPS) is 11.2. The molecule has 6 nitrogen and oxygen atoms in total. The van der Waals surface area contributed by atoms with Gasteiger partial charge in [-0.15, -0.1) is 0 Å². The van der Waals surface area contributed by atoms with Crippen molar-refractivity contribution in [2.75, 3.05) is 17.2 Å². The number of hydrogen-bond acceptors (Lipinski definition) is 6. The van der Waals surface area contributed by atoms with E-state index < -0.39 is 11.7 Å². The average molecular weight is 450 g/mol. The molecule has 0 saturated carbocycles. The Kier molecular flexibility index (Phi) is 7.45. The number of aromatic nitrogens is 2. The molecule has 1 aromatic carbocycles. The number of anilines is 3. The Bertz CT molecular complexity index is 1010. The van der Waals surface area contributed by atoms with Gasteiger partial charge in [0.15, 0.2) is 5.13 Å². The van der Waals surface area contributed by atoms with Crippen LogP contribution in [-0.4, -0.2) is 22.5 Å². The van der Waals surface area contributed by atoms with E-state index in [9.17, 15) is 18.0 Å². The van der Waals surface area contributed by atoms with Crippen molar-refractivity contribution >= 4 is 33.8 Å². The minimum Gasteiger partial charge on any atom is -0.493 e. The molecule has 0 unspecified atom stereocenters. The van der Waals surface area contributed by atoms with Gasteiger partial charge < -0.3 is 15.4 Å². The fourth-order valence-electron chi connectivity index (χ4n) is 2.68. The minimum absolute atomic E-state index is 0.196. The van der Waals surface area contributed by atoms with Crippen molar-refractivity contribution in [1.29, 1.82) is 0 Å². The van der Waals surface area contributed by atoms with E-state index in [0.717, 1.165) is 30.2 Å². The maximum Gasteiger partial charge on any atom is 0.420 e. The first-order chi connectivity index (χ1) is 14.9. The molecule has 0 aliphatic heterocycles. The lowest BCUT2D eigenvalue weighted by molar-refractivity contribution is -0.138. The number of rotatable bonds is 9. The Balaban J connectivity index is 1.70. The molecular formula is C21H21F3N4O2S. The number of thiazole rings is 1. The van der Waals surface area contributed by atoms with Crippen molar-refractivity contribution in [3.05, 3.63) is 59.4 Å². The summed E-state index contributed by atoms with van der Waals surface area (Å²) in [5, 5.41) is 5.79. The van der Waals surface area contributed by atoms with Crippen LogP contribution in [0.1, 0.15) is 41.4 Å². The van der Waals surface area contributed by atoms with Crippen molar-refractivity contribution in [2.45, 2.75) is 32.4 Å². The number of carbonyl (C=O) groups excluding carboxylic acids is 1. The molecule has 3 rings (SSSR count). The molecule has 10 heteroatoms. The van der Waals surface area contributed by atoms with E-state index in [1.165, 1.54) is 24.5 Å². The van der Waals surface area contributed by atoms with Crippen LogP contribution in [0.25, 0.3) is 0 Å². The van der Waals surface area contributed by atoms with Crippen LogP contribution >= 0.6 is 11.3 Å². The van der Waals surface area contributed by atoms with E-state index in [2.05, 4.69) is 20.6 Å². The van der Waals surface area contributed by atoms with Crippen LogP contribution in [0.3, 0.4) is 0 Å². The number of nitrogens with one attached hydrogen (secondary N) is 2. The van der Waals surface area contributed by atoms with Crippen LogP contribution in [0.2, 0.25) is 0 Å². The molecule has 0 fully saturated rings. The quantitative estimate of drug-likeness (QED) is 0.384. The highest BCUT2D eigenvalue weighted by molar-refractivity contribution is 7.17. The van der Waals surface area contributed by atoms with Crippen molar-refractivity contribution in [3.63, 3.8) is 0 Å². The molecule has 0 bridgehead atoms. The first-order valence-corrected chi connectivity index (χ1v) is 10.5. The predicted molar refractivity (Wildman–Crippen MR) is 114 cm³/mol. The number of ether oxygens (including phenoxy) is 1. The maximum absolute atomic E-state index is 13.5. The summed E-state index contributed by atoms with van der Waals surface area (Å²) in [6, 6.07) is 7.13. The zero-order chi connectivity index (χ0) is 22.3. The fourth-order valence-corrected chi connectivity index (χ4v) is 3.41. The number of benzene rings is 1. The molecule has 0 radical (unpaired) electrons. The van der Waals surface area contributed by atoms with Gasteiger partial charge in [0.25, 0.3) is 5.91 Å². The molecule has 2 N–H and O–H groups in total. The van der Waals surface area contributed by atoms with Gasteiger partial charge in [-0.3, -0.25) is 9.78 Å². The lowest BCUT2D eigenvalue weighted by atomic mass is 10.1. The monoisotopic (exact) mass is 450 g/mol. The van der Waals surface area contributed by atoms with Crippen LogP contribution in [-0.2, 0) is 6.18 Å². The Hall–Kier alpha value is -3.14. The maximum atomic E-state index is 13.5. The lowest BCUT2D eigenvalue weighted by Crippen LogP contribution is -2.10. The van der Waals surface area contributed by atoms with Gasteiger partial charge in [-0.2, -0.15) is 13.2 Å². The smallest absolute Gasteiger partial charge is 0.420 e. The van der Waals surface area contributed by atoms with Crippen molar-refractivity contribution in [3.8, 4) is 5.75 Å². The average Bonchev–Trinajstić information content (AvgIpc) is 3.21. The fraction of sp³-hybridized carbons (Fsp3) is 0.286. The van der Waals surface area contributed by atoms with E-state index >= 15 is 0 Å². The van der Waals surface area contributed by atoms with Crippen LogP contribution in [0.15, 0.2) is 48.9 Å². The first kappa shape index (κ1) is 22.5. The molecule has 0 aliphatic carbocycles. The third-order valence-electron chi connectivity index (χ3n) is 4.19. The molecule has 164 valence electrons. The molecule has 2 heterocycles. The molecule has 0 spiro atoms. The molecule has 1 amide bonds. The summed E-state index contributed by atoms with van der Waals surface area (Å²) >= 11 is 1.02. The zero-order valence-corrected chi connectivity index (χ0v) is 17.5. The van der Waals surface area contributed by atoms with Gasteiger partial charge in [0.05, 0.1) is 30.3 Å². The summed E-state index contributed by atoms with van der Waals surface area (Å²) in [7, 11) is 0. The highest BCUT2D eigenvalue weighted by Crippen LogP contribution is 2.38. The number of halogens is 3. The number of alkyl halides is 3. The number of amides is 1. The van der Waals surface area contributed by atoms with E-state index in [-0.39, 0.29) is 24.0 Å². The highest BCUT2D eigenvalue weighted by atomic mass is 32.1. The summed E-state index contributed by atoms with van der Waals surface area (Å²) in [5.74, 6) is -0.588. The summed E-state index contributed by atoms with van der Waals surface area (Å²) in [4.78, 5) is 20.6. The summed E-state index contributed by atoms with van der Waals surface area (Å²) in [6.45, 7) is 2.24. The van der Waals surface area contributed by atoms with E-state index in [1.54, 1.807) is 18.3 Å². The number of pyridine rings is 1. The Labute approximate surface area is 181 Å². The second kappa shape index (κ2) is 10.3. The van der Waals surface area contributed by atoms with E-state index in [0.29, 0.717) is 22.1 Å². The third-order valence-corrected chi connectivity index (χ3v) is 5.10. The van der Waals surface area contributed by atoms with Crippen molar-refractivity contribution < 1.29 is 22.7 Å². The lowest BCUT2D eigenvalue weighted by Gasteiger charge is -2.15. The van der Waals surface area contributed by atoms with Crippen LogP contribution in [0.4, 0.5) is 29.7 Å². The molecule has 31 heavy (non-hydrogen) atoms. The third kappa shape index (κ3) is 6.42. The first-order valence-electron chi connectivity index (χ1n) is 9.65. The topological polar surface area (TPSA) is 76.1 Å². The Morgan fingerprint density at radius 2 is 2.00 bits per heavy atom. The van der Waals surface area contributed by atoms with Crippen molar-refractivity contribution in [2.24, 2.45) is 0 Å². The van der Waals surface area contributed by atoms with Crippen LogP contribution in [0.5, 0.6) is 5.75 Å².